The van der Waals surface area contributed by atoms with Crippen molar-refractivity contribution >= 4 is 17.5 Å². The molecule has 0 aliphatic carbocycles. The summed E-state index contributed by atoms with van der Waals surface area (Å²) in [6.07, 6.45) is 2.58. The van der Waals surface area contributed by atoms with Crippen molar-refractivity contribution in [2.24, 2.45) is 5.73 Å². The molecule has 1 saturated heterocycles. The van der Waals surface area contributed by atoms with Gasteiger partial charge >= 0.3 is 0 Å². The van der Waals surface area contributed by atoms with Crippen LogP contribution in [0, 0.1) is 0 Å². The van der Waals surface area contributed by atoms with Gasteiger partial charge in [0.05, 0.1) is 5.02 Å². The molecular formula is C15H21ClN2O2. The Morgan fingerprint density at radius 3 is 2.95 bits per heavy atom. The van der Waals surface area contributed by atoms with Crippen LogP contribution in [0.15, 0.2) is 24.3 Å². The van der Waals surface area contributed by atoms with Crippen LogP contribution >= 0.6 is 11.6 Å². The van der Waals surface area contributed by atoms with E-state index in [1.54, 1.807) is 19.1 Å². The summed E-state index contributed by atoms with van der Waals surface area (Å²) >= 11 is 6.04. The number of ether oxygens (including phenoxy) is 1. The van der Waals surface area contributed by atoms with Gasteiger partial charge < -0.3 is 15.4 Å². The largest absolute Gasteiger partial charge is 0.479 e. The normalized spacial score (nSPS) is 20.6. The molecule has 0 bridgehead atoms. The molecular weight excluding hydrogens is 276 g/mol. The van der Waals surface area contributed by atoms with Gasteiger partial charge in [0.1, 0.15) is 5.75 Å². The molecule has 1 amide bonds. The van der Waals surface area contributed by atoms with Gasteiger partial charge in [-0.05, 0) is 38.3 Å². The zero-order chi connectivity index (χ0) is 14.5. The first-order chi connectivity index (χ1) is 9.63. The van der Waals surface area contributed by atoms with E-state index in [1.165, 1.54) is 0 Å². The van der Waals surface area contributed by atoms with Crippen LogP contribution in [0.2, 0.25) is 5.02 Å². The molecule has 110 valence electrons. The van der Waals surface area contributed by atoms with Gasteiger partial charge in [-0.25, -0.2) is 0 Å². The molecule has 5 heteroatoms. The highest BCUT2D eigenvalue weighted by atomic mass is 35.5. The van der Waals surface area contributed by atoms with Gasteiger partial charge in [-0.3, -0.25) is 4.79 Å². The van der Waals surface area contributed by atoms with E-state index < -0.39 is 6.10 Å². The summed E-state index contributed by atoms with van der Waals surface area (Å²) in [5.41, 5.74) is 5.75. The first kappa shape index (κ1) is 15.1. The highest BCUT2D eigenvalue weighted by Gasteiger charge is 2.29. The lowest BCUT2D eigenvalue weighted by atomic mass is 10.0. The Bertz CT molecular complexity index is 467. The molecule has 1 heterocycles. The average Bonchev–Trinajstić information content (AvgIpc) is 2.48. The zero-order valence-electron chi connectivity index (χ0n) is 11.7. The third kappa shape index (κ3) is 3.44. The molecule has 1 fully saturated rings. The molecule has 2 rings (SSSR count). The average molecular weight is 297 g/mol. The number of carbonyl (C=O) groups excluding carboxylic acids is 1. The monoisotopic (exact) mass is 296 g/mol. The number of halogens is 1. The van der Waals surface area contributed by atoms with Crippen LogP contribution in [0.4, 0.5) is 0 Å². The summed E-state index contributed by atoms with van der Waals surface area (Å²) in [5, 5.41) is 0.515. The fraction of sp³-hybridized carbons (Fsp3) is 0.533. The number of likely N-dealkylation sites (tertiary alicyclic amines) is 1. The fourth-order valence-electron chi connectivity index (χ4n) is 2.55. The Labute approximate surface area is 124 Å². The van der Waals surface area contributed by atoms with Gasteiger partial charge in [-0.1, -0.05) is 23.7 Å². The molecule has 0 aromatic heterocycles. The predicted molar refractivity (Wildman–Crippen MR) is 79.9 cm³/mol. The van der Waals surface area contributed by atoms with Crippen molar-refractivity contribution in [3.63, 3.8) is 0 Å². The van der Waals surface area contributed by atoms with Crippen molar-refractivity contribution in [3.8, 4) is 5.75 Å². The number of amides is 1. The molecule has 0 spiro atoms. The highest BCUT2D eigenvalue weighted by Crippen LogP contribution is 2.25. The number of hydrogen-bond acceptors (Lipinski definition) is 3. The number of rotatable bonds is 4. The SMILES string of the molecule is CC(Oc1ccccc1Cl)C(=O)N1CCCCC1CN. The molecule has 1 aromatic carbocycles. The van der Waals surface area contributed by atoms with Gasteiger partial charge in [0, 0.05) is 19.1 Å². The number of benzene rings is 1. The maximum absolute atomic E-state index is 12.5. The highest BCUT2D eigenvalue weighted by molar-refractivity contribution is 6.32. The molecule has 0 radical (unpaired) electrons. The van der Waals surface area contributed by atoms with Crippen molar-refractivity contribution < 1.29 is 9.53 Å². The van der Waals surface area contributed by atoms with Gasteiger partial charge in [0.2, 0.25) is 0 Å². The van der Waals surface area contributed by atoms with Crippen molar-refractivity contribution in [2.75, 3.05) is 13.1 Å². The maximum Gasteiger partial charge on any atom is 0.263 e. The second kappa shape index (κ2) is 6.95. The third-order valence-electron chi connectivity index (χ3n) is 3.67. The second-order valence-corrected chi connectivity index (χ2v) is 5.51. The van der Waals surface area contributed by atoms with Crippen LogP contribution in [0.1, 0.15) is 26.2 Å². The molecule has 4 nitrogen and oxygen atoms in total. The first-order valence-electron chi connectivity index (χ1n) is 7.05. The number of nitrogens with zero attached hydrogens (tertiary/aromatic N) is 1. The van der Waals surface area contributed by atoms with E-state index in [4.69, 9.17) is 22.1 Å². The third-order valence-corrected chi connectivity index (χ3v) is 3.98. The second-order valence-electron chi connectivity index (χ2n) is 5.11. The van der Waals surface area contributed by atoms with E-state index in [0.717, 1.165) is 25.8 Å². The Hall–Kier alpha value is -1.26. The summed E-state index contributed by atoms with van der Waals surface area (Å²) in [6, 6.07) is 7.31. The quantitative estimate of drug-likeness (QED) is 0.928. The first-order valence-corrected chi connectivity index (χ1v) is 7.43. The van der Waals surface area contributed by atoms with Crippen LogP contribution < -0.4 is 10.5 Å². The number of carbonyl (C=O) groups is 1. The van der Waals surface area contributed by atoms with Crippen LogP contribution in [-0.4, -0.2) is 36.0 Å². The van der Waals surface area contributed by atoms with Gasteiger partial charge in [-0.15, -0.1) is 0 Å². The van der Waals surface area contributed by atoms with Crippen LogP contribution in [0.25, 0.3) is 0 Å². The fourth-order valence-corrected chi connectivity index (χ4v) is 2.73. The number of para-hydroxylation sites is 1. The number of hydrogen-bond donors (Lipinski definition) is 1. The minimum atomic E-state index is -0.554. The van der Waals surface area contributed by atoms with E-state index in [0.29, 0.717) is 17.3 Å². The van der Waals surface area contributed by atoms with Crippen molar-refractivity contribution in [3.05, 3.63) is 29.3 Å². The molecule has 20 heavy (non-hydrogen) atoms. The molecule has 2 N–H and O–H groups in total. The lowest BCUT2D eigenvalue weighted by molar-refractivity contribution is -0.141. The molecule has 1 aromatic rings. The van der Waals surface area contributed by atoms with Gasteiger partial charge in [0.15, 0.2) is 6.10 Å². The molecule has 1 aliphatic rings. The van der Waals surface area contributed by atoms with Crippen LogP contribution in [-0.2, 0) is 4.79 Å². The van der Waals surface area contributed by atoms with Crippen LogP contribution in [0.5, 0.6) is 5.75 Å². The van der Waals surface area contributed by atoms with Crippen molar-refractivity contribution in [1.29, 1.82) is 0 Å². The summed E-state index contributed by atoms with van der Waals surface area (Å²) in [6.45, 7) is 3.02. The lowest BCUT2D eigenvalue weighted by Crippen LogP contribution is -2.51. The number of piperidine rings is 1. The summed E-state index contributed by atoms with van der Waals surface area (Å²) in [5.74, 6) is 0.524. The minimum Gasteiger partial charge on any atom is -0.479 e. The summed E-state index contributed by atoms with van der Waals surface area (Å²) < 4.78 is 5.69. The van der Waals surface area contributed by atoms with Crippen LogP contribution in [0.3, 0.4) is 0 Å². The minimum absolute atomic E-state index is 0.0138. The topological polar surface area (TPSA) is 55.6 Å². The van der Waals surface area contributed by atoms with E-state index >= 15 is 0 Å². The smallest absolute Gasteiger partial charge is 0.263 e. The van der Waals surface area contributed by atoms with E-state index in [2.05, 4.69) is 0 Å². The zero-order valence-corrected chi connectivity index (χ0v) is 12.5. The van der Waals surface area contributed by atoms with Crippen molar-refractivity contribution in [1.82, 2.24) is 4.90 Å². The van der Waals surface area contributed by atoms with E-state index in [-0.39, 0.29) is 11.9 Å². The lowest BCUT2D eigenvalue weighted by Gasteiger charge is -2.36. The molecule has 2 unspecified atom stereocenters. The summed E-state index contributed by atoms with van der Waals surface area (Å²) in [4.78, 5) is 14.3. The Morgan fingerprint density at radius 1 is 1.50 bits per heavy atom. The van der Waals surface area contributed by atoms with Gasteiger partial charge in [-0.2, -0.15) is 0 Å². The Morgan fingerprint density at radius 2 is 2.25 bits per heavy atom. The van der Waals surface area contributed by atoms with Gasteiger partial charge in [0.25, 0.3) is 5.91 Å². The Balaban J connectivity index is 2.03. The maximum atomic E-state index is 12.5. The van der Waals surface area contributed by atoms with E-state index in [1.807, 2.05) is 17.0 Å². The molecule has 0 saturated carbocycles. The number of nitrogens with two attached hydrogens (primary N) is 1. The van der Waals surface area contributed by atoms with E-state index in [9.17, 15) is 4.79 Å². The standard InChI is InChI=1S/C15H21ClN2O2/c1-11(20-14-8-3-2-7-13(14)16)15(19)18-9-5-4-6-12(18)10-17/h2-3,7-8,11-12H,4-6,9-10,17H2,1H3. The van der Waals surface area contributed by atoms with Crippen molar-refractivity contribution in [2.45, 2.75) is 38.3 Å². The predicted octanol–water partition coefficient (Wildman–Crippen LogP) is 2.45. The summed E-state index contributed by atoms with van der Waals surface area (Å²) in [7, 11) is 0. The molecule has 2 atom stereocenters. The molecule has 1 aliphatic heterocycles. The Kier molecular flexibility index (Phi) is 5.26.